The minimum absolute atomic E-state index is 0.183. The van der Waals surface area contributed by atoms with Crippen LogP contribution in [0.4, 0.5) is 4.39 Å². The maximum absolute atomic E-state index is 14.3. The van der Waals surface area contributed by atoms with Crippen molar-refractivity contribution in [2.45, 2.75) is 19.5 Å². The third-order valence-corrected chi connectivity index (χ3v) is 6.03. The van der Waals surface area contributed by atoms with Gasteiger partial charge in [-0.05, 0) is 47.4 Å². The van der Waals surface area contributed by atoms with Crippen LogP contribution in [-0.4, -0.2) is 45.6 Å². The van der Waals surface area contributed by atoms with E-state index in [2.05, 4.69) is 0 Å². The summed E-state index contributed by atoms with van der Waals surface area (Å²) in [6.07, 6.45) is -0.104. The van der Waals surface area contributed by atoms with E-state index >= 15 is 0 Å². The minimum atomic E-state index is -0.726. The molecule has 5 rings (SSSR count). The Balaban J connectivity index is 1.69. The first-order valence-electron chi connectivity index (χ1n) is 10.9. The monoisotopic (exact) mass is 442 g/mol. The molecule has 0 spiro atoms. The molecule has 7 heteroatoms. The number of hydrazine groups is 1. The maximum atomic E-state index is 14.3. The van der Waals surface area contributed by atoms with Crippen molar-refractivity contribution in [2.24, 2.45) is 5.10 Å². The largest absolute Gasteiger partial charge is 0.273 e. The molecule has 0 bridgehead atoms. The molecule has 0 saturated heterocycles. The lowest BCUT2D eigenvalue weighted by Crippen LogP contribution is -2.54. The lowest BCUT2D eigenvalue weighted by atomic mass is 9.97. The molecule has 0 radical (unpaired) electrons. The number of hydrogen-bond donors (Lipinski definition) is 0. The molecule has 0 unspecified atom stereocenters. The smallest absolute Gasteiger partial charge is 0.268 e. The molecule has 2 amide bonds. The summed E-state index contributed by atoms with van der Waals surface area (Å²) in [5.74, 6) is -0.879. The van der Waals surface area contributed by atoms with Gasteiger partial charge in [0.25, 0.3) is 5.91 Å². The zero-order valence-corrected chi connectivity index (χ0v) is 18.2. The zero-order valence-electron chi connectivity index (χ0n) is 18.2. The van der Waals surface area contributed by atoms with Gasteiger partial charge in [-0.1, -0.05) is 54.6 Å². The second kappa shape index (κ2) is 8.60. The average Bonchev–Trinajstić information content (AvgIpc) is 3.02. The molecule has 6 nitrogen and oxygen atoms in total. The van der Waals surface area contributed by atoms with Crippen molar-refractivity contribution in [2.75, 3.05) is 13.1 Å². The number of fused-ring (bicyclic) bond motifs is 3. The standard InChI is InChI=1S/C26H23FN4O2/c1-18(32)31-25-23-16-22(27)13-12-19(23)14-15-29(25)30(26(33)21-10-6-3-7-11-21)17-24(28-31)20-8-4-2-5-9-20/h2-13,16,25H,14-15,17H2,1H3/t25-/m0/s1. The predicted octanol–water partition coefficient (Wildman–Crippen LogP) is 4.01. The molecule has 2 aliphatic rings. The second-order valence-electron chi connectivity index (χ2n) is 8.14. The van der Waals surface area contributed by atoms with Gasteiger partial charge in [0, 0.05) is 19.0 Å². The number of carbonyl (C=O) groups is 2. The molecular weight excluding hydrogens is 419 g/mol. The molecule has 0 N–H and O–H groups in total. The number of nitrogens with zero attached hydrogens (tertiary/aromatic N) is 4. The highest BCUT2D eigenvalue weighted by atomic mass is 19.1. The van der Waals surface area contributed by atoms with Gasteiger partial charge in [-0.25, -0.2) is 9.40 Å². The Labute approximate surface area is 191 Å². The van der Waals surface area contributed by atoms with Crippen molar-refractivity contribution < 1.29 is 14.0 Å². The van der Waals surface area contributed by atoms with Crippen LogP contribution in [0.2, 0.25) is 0 Å². The van der Waals surface area contributed by atoms with E-state index in [9.17, 15) is 14.0 Å². The summed E-state index contributed by atoms with van der Waals surface area (Å²) < 4.78 is 14.3. The van der Waals surface area contributed by atoms with Crippen LogP contribution in [0.25, 0.3) is 0 Å². The van der Waals surface area contributed by atoms with E-state index < -0.39 is 12.0 Å². The lowest BCUT2D eigenvalue weighted by molar-refractivity contribution is -0.144. The first-order valence-corrected chi connectivity index (χ1v) is 10.9. The number of amides is 2. The van der Waals surface area contributed by atoms with Gasteiger partial charge in [0.1, 0.15) is 5.82 Å². The molecule has 0 aromatic heterocycles. The molecular formula is C26H23FN4O2. The molecule has 3 aromatic carbocycles. The van der Waals surface area contributed by atoms with E-state index in [0.29, 0.717) is 29.8 Å². The number of hydrazone groups is 1. The molecule has 33 heavy (non-hydrogen) atoms. The fourth-order valence-electron chi connectivity index (χ4n) is 4.45. The number of hydrogen-bond acceptors (Lipinski definition) is 4. The summed E-state index contributed by atoms with van der Waals surface area (Å²) in [6.45, 7) is 2.11. The Hall–Kier alpha value is -3.84. The normalized spacial score (nSPS) is 18.1. The van der Waals surface area contributed by atoms with E-state index in [0.717, 1.165) is 11.1 Å². The van der Waals surface area contributed by atoms with Crippen LogP contribution >= 0.6 is 0 Å². The minimum Gasteiger partial charge on any atom is -0.273 e. The fraction of sp³-hybridized carbons (Fsp3) is 0.192. The van der Waals surface area contributed by atoms with Crippen LogP contribution in [0.15, 0.2) is 84.0 Å². The summed E-state index contributed by atoms with van der Waals surface area (Å²) in [5, 5.41) is 9.59. The van der Waals surface area contributed by atoms with Gasteiger partial charge in [-0.2, -0.15) is 10.1 Å². The Kier molecular flexibility index (Phi) is 5.48. The topological polar surface area (TPSA) is 56.2 Å². The number of carbonyl (C=O) groups excluding carboxylic acids is 2. The number of rotatable bonds is 2. The zero-order chi connectivity index (χ0) is 22.9. The summed E-state index contributed by atoms with van der Waals surface area (Å²) in [5.41, 5.74) is 3.51. The lowest BCUT2D eigenvalue weighted by Gasteiger charge is -2.44. The summed E-state index contributed by atoms with van der Waals surface area (Å²) >= 11 is 0. The van der Waals surface area contributed by atoms with Crippen LogP contribution in [0, 0.1) is 5.82 Å². The third kappa shape index (κ3) is 3.91. The van der Waals surface area contributed by atoms with Crippen molar-refractivity contribution in [3.63, 3.8) is 0 Å². The third-order valence-electron chi connectivity index (χ3n) is 6.03. The Morgan fingerprint density at radius 2 is 1.67 bits per heavy atom. The molecule has 1 atom stereocenters. The molecule has 3 aromatic rings. The van der Waals surface area contributed by atoms with Gasteiger partial charge in [0.15, 0.2) is 6.17 Å². The first-order chi connectivity index (χ1) is 16.0. The van der Waals surface area contributed by atoms with E-state index in [1.807, 2.05) is 53.5 Å². The molecule has 0 saturated carbocycles. The fourth-order valence-corrected chi connectivity index (χ4v) is 4.45. The van der Waals surface area contributed by atoms with Gasteiger partial charge in [0.05, 0.1) is 12.3 Å². The number of halogens is 1. The molecule has 0 fully saturated rings. The highest BCUT2D eigenvalue weighted by Crippen LogP contribution is 2.37. The highest BCUT2D eigenvalue weighted by molar-refractivity contribution is 6.05. The Bertz CT molecular complexity index is 1230. The van der Waals surface area contributed by atoms with E-state index in [1.54, 1.807) is 23.2 Å². The highest BCUT2D eigenvalue weighted by Gasteiger charge is 2.42. The molecule has 2 heterocycles. The molecule has 166 valence electrons. The van der Waals surface area contributed by atoms with Gasteiger partial charge < -0.3 is 0 Å². The van der Waals surface area contributed by atoms with Crippen LogP contribution < -0.4 is 0 Å². The van der Waals surface area contributed by atoms with E-state index in [-0.39, 0.29) is 18.4 Å². The van der Waals surface area contributed by atoms with Crippen molar-refractivity contribution in [1.82, 2.24) is 15.0 Å². The van der Waals surface area contributed by atoms with Crippen molar-refractivity contribution in [3.8, 4) is 0 Å². The van der Waals surface area contributed by atoms with Crippen LogP contribution in [-0.2, 0) is 11.2 Å². The maximum Gasteiger partial charge on any atom is 0.268 e. The quantitative estimate of drug-likeness (QED) is 0.603. The molecule has 0 aliphatic carbocycles. The van der Waals surface area contributed by atoms with Gasteiger partial charge in [0.2, 0.25) is 5.91 Å². The van der Waals surface area contributed by atoms with Crippen LogP contribution in [0.3, 0.4) is 0 Å². The first kappa shape index (κ1) is 21.0. The molecule has 2 aliphatic heterocycles. The van der Waals surface area contributed by atoms with Gasteiger partial charge in [-0.3, -0.25) is 14.6 Å². The average molecular weight is 442 g/mol. The second-order valence-corrected chi connectivity index (χ2v) is 8.14. The summed E-state index contributed by atoms with van der Waals surface area (Å²) in [4.78, 5) is 26.5. The Morgan fingerprint density at radius 3 is 2.36 bits per heavy atom. The van der Waals surface area contributed by atoms with E-state index in [4.69, 9.17) is 5.10 Å². The van der Waals surface area contributed by atoms with Crippen molar-refractivity contribution >= 4 is 17.5 Å². The van der Waals surface area contributed by atoms with Gasteiger partial charge in [-0.15, -0.1) is 0 Å². The summed E-state index contributed by atoms with van der Waals surface area (Å²) in [7, 11) is 0. The van der Waals surface area contributed by atoms with Crippen molar-refractivity contribution in [3.05, 3.63) is 107 Å². The summed E-state index contributed by atoms with van der Waals surface area (Å²) in [6, 6.07) is 23.1. The van der Waals surface area contributed by atoms with Crippen LogP contribution in [0.1, 0.15) is 40.1 Å². The van der Waals surface area contributed by atoms with Crippen molar-refractivity contribution in [1.29, 1.82) is 0 Å². The van der Waals surface area contributed by atoms with Gasteiger partial charge >= 0.3 is 0 Å². The predicted molar refractivity (Wildman–Crippen MR) is 123 cm³/mol. The van der Waals surface area contributed by atoms with E-state index in [1.165, 1.54) is 24.1 Å². The number of benzene rings is 3. The Morgan fingerprint density at radius 1 is 0.970 bits per heavy atom. The SMILES string of the molecule is CC(=O)N1N=C(c2ccccc2)CN(C(=O)c2ccccc2)N2CCc3ccc(F)cc3[C@H]12. The van der Waals surface area contributed by atoms with Crippen LogP contribution in [0.5, 0.6) is 0 Å².